The van der Waals surface area contributed by atoms with E-state index in [1.165, 1.54) is 10.8 Å². The van der Waals surface area contributed by atoms with E-state index in [2.05, 4.69) is 20.4 Å². The summed E-state index contributed by atoms with van der Waals surface area (Å²) < 4.78 is 22.1. The van der Waals surface area contributed by atoms with Gasteiger partial charge in [-0.05, 0) is 81.2 Å². The largest absolute Gasteiger partial charge is 0.463 e. The van der Waals surface area contributed by atoms with Crippen LogP contribution in [0.25, 0.3) is 0 Å². The highest BCUT2D eigenvalue weighted by Gasteiger charge is 2.30. The van der Waals surface area contributed by atoms with Gasteiger partial charge in [0.2, 0.25) is 5.91 Å². The van der Waals surface area contributed by atoms with Gasteiger partial charge < -0.3 is 35.3 Å². The van der Waals surface area contributed by atoms with Crippen LogP contribution in [0.5, 0.6) is 0 Å². The summed E-state index contributed by atoms with van der Waals surface area (Å²) in [5.74, 6) is -1.40. The summed E-state index contributed by atoms with van der Waals surface area (Å²) in [5, 5.41) is 5.65. The van der Waals surface area contributed by atoms with Crippen LogP contribution in [0.15, 0.2) is 15.8 Å². The van der Waals surface area contributed by atoms with Crippen molar-refractivity contribution < 1.29 is 38.1 Å². The summed E-state index contributed by atoms with van der Waals surface area (Å²) in [6.45, 7) is 21.8. The molecule has 0 fully saturated rings. The van der Waals surface area contributed by atoms with Crippen molar-refractivity contribution in [2.45, 2.75) is 145 Å². The van der Waals surface area contributed by atoms with E-state index in [0.717, 1.165) is 0 Å². The molecular weight excluding hydrogens is 626 g/mol. The van der Waals surface area contributed by atoms with Gasteiger partial charge in [-0.25, -0.2) is 9.59 Å². The molecular formula is C33H61N5O10. The molecule has 278 valence electrons. The van der Waals surface area contributed by atoms with Crippen LogP contribution in [0.1, 0.15) is 101 Å². The highest BCUT2D eigenvalue weighted by Crippen LogP contribution is 2.13. The molecule has 0 bridgehead atoms. The zero-order valence-electron chi connectivity index (χ0n) is 31.2. The van der Waals surface area contributed by atoms with Crippen molar-refractivity contribution in [3.8, 4) is 0 Å². The van der Waals surface area contributed by atoms with Crippen LogP contribution in [0.4, 0.5) is 0 Å². The summed E-state index contributed by atoms with van der Waals surface area (Å²) in [6, 6.07) is -2.11. The SMILES string of the molecule is CC.CC(C)(C)OC=O.CNC(CC(C)C)C(=O)NC(CCC(=O)OCC(OCn1cc(C)c(=O)[nH]c1=O)C(C)N)C(=O)OC(C)(C)C. The summed E-state index contributed by atoms with van der Waals surface area (Å²) in [6.07, 6.45) is 0.961. The average Bonchev–Trinajstić information content (AvgIpc) is 2.95. The third kappa shape index (κ3) is 21.3. The van der Waals surface area contributed by atoms with Gasteiger partial charge in [-0.3, -0.25) is 28.7 Å². The van der Waals surface area contributed by atoms with Gasteiger partial charge in [-0.15, -0.1) is 0 Å². The van der Waals surface area contributed by atoms with Crippen LogP contribution in [0, 0.1) is 12.8 Å². The van der Waals surface area contributed by atoms with Crippen LogP contribution in [0.3, 0.4) is 0 Å². The molecule has 15 heteroatoms. The zero-order chi connectivity index (χ0) is 37.8. The van der Waals surface area contributed by atoms with Crippen LogP contribution in [-0.2, 0) is 44.9 Å². The third-order valence-electron chi connectivity index (χ3n) is 6.03. The van der Waals surface area contributed by atoms with Gasteiger partial charge in [0.15, 0.2) is 0 Å². The molecule has 0 saturated carbocycles. The minimum atomic E-state index is -1.05. The van der Waals surface area contributed by atoms with Crippen molar-refractivity contribution in [1.82, 2.24) is 20.2 Å². The van der Waals surface area contributed by atoms with E-state index in [4.69, 9.17) is 19.9 Å². The predicted octanol–water partition coefficient (Wildman–Crippen LogP) is 2.30. The number of aromatic nitrogens is 2. The molecule has 15 nitrogen and oxygen atoms in total. The fourth-order valence-corrected chi connectivity index (χ4v) is 3.62. The van der Waals surface area contributed by atoms with Gasteiger partial charge in [0.25, 0.3) is 12.0 Å². The second kappa shape index (κ2) is 22.9. The molecule has 0 aromatic carbocycles. The maximum Gasteiger partial charge on any atom is 0.330 e. The number of nitrogens with one attached hydrogen (secondary N) is 3. The first-order valence-electron chi connectivity index (χ1n) is 16.2. The van der Waals surface area contributed by atoms with Gasteiger partial charge in [0, 0.05) is 24.2 Å². The number of aryl methyl sites for hydroxylation is 1. The van der Waals surface area contributed by atoms with E-state index in [-0.39, 0.29) is 43.6 Å². The number of amides is 1. The molecule has 0 aliphatic carbocycles. The predicted molar refractivity (Wildman–Crippen MR) is 183 cm³/mol. The number of nitrogens with two attached hydrogens (primary N) is 1. The van der Waals surface area contributed by atoms with Crippen LogP contribution >= 0.6 is 0 Å². The Hall–Kier alpha value is -3.56. The van der Waals surface area contributed by atoms with E-state index < -0.39 is 53.0 Å². The van der Waals surface area contributed by atoms with Crippen molar-refractivity contribution in [2.75, 3.05) is 13.7 Å². The first-order chi connectivity index (χ1) is 22.1. The lowest BCUT2D eigenvalue weighted by atomic mass is 10.0. The van der Waals surface area contributed by atoms with Crippen molar-refractivity contribution in [3.05, 3.63) is 32.6 Å². The second-order valence-corrected chi connectivity index (χ2v) is 13.3. The summed E-state index contributed by atoms with van der Waals surface area (Å²) in [5.41, 5.74) is 4.05. The topological polar surface area (TPSA) is 210 Å². The van der Waals surface area contributed by atoms with Gasteiger partial charge in [-0.1, -0.05) is 27.7 Å². The van der Waals surface area contributed by atoms with Gasteiger partial charge in [0.1, 0.15) is 36.7 Å². The second-order valence-electron chi connectivity index (χ2n) is 13.3. The monoisotopic (exact) mass is 687 g/mol. The Bertz CT molecular complexity index is 1230. The number of hydrogen-bond acceptors (Lipinski definition) is 12. The lowest BCUT2D eigenvalue weighted by molar-refractivity contribution is -0.159. The number of carbonyl (C=O) groups is 4. The maximum atomic E-state index is 12.8. The Morgan fingerprint density at radius 3 is 2.04 bits per heavy atom. The molecule has 4 unspecified atom stereocenters. The standard InChI is InChI=1S/C26H45N5O8.C5H10O2.C2H6/c1-15(2)11-19(28-8)23(34)29-18(24(35)39-26(5,6)7)9-10-21(32)37-13-20(17(4)27)38-14-31-12-16(3)22(33)30-25(31)36;1-5(2,3)7-4-6;1-2/h12,15,17-20,28H,9-11,13-14,27H2,1-8H3,(H,29,34)(H,30,33,36);4H,1-3H3;1-2H3. The summed E-state index contributed by atoms with van der Waals surface area (Å²) in [4.78, 5) is 73.4. The maximum absolute atomic E-state index is 12.8. The van der Waals surface area contributed by atoms with E-state index in [9.17, 15) is 28.8 Å². The number of ether oxygens (including phenoxy) is 4. The van der Waals surface area contributed by atoms with Gasteiger partial charge >= 0.3 is 17.6 Å². The van der Waals surface area contributed by atoms with E-state index in [1.807, 2.05) is 48.5 Å². The molecule has 1 amide bonds. The molecule has 0 aliphatic heterocycles. The summed E-state index contributed by atoms with van der Waals surface area (Å²) in [7, 11) is 1.66. The minimum absolute atomic E-state index is 0.0344. The molecule has 1 aromatic rings. The Kier molecular flexibility index (Phi) is 22.2. The van der Waals surface area contributed by atoms with Gasteiger partial charge in [-0.2, -0.15) is 0 Å². The van der Waals surface area contributed by atoms with Crippen molar-refractivity contribution in [1.29, 1.82) is 0 Å². The number of carbonyl (C=O) groups excluding carboxylic acids is 4. The number of hydrogen-bond donors (Lipinski definition) is 4. The normalized spacial score (nSPS) is 13.7. The van der Waals surface area contributed by atoms with Crippen molar-refractivity contribution in [3.63, 3.8) is 0 Å². The number of esters is 2. The smallest absolute Gasteiger partial charge is 0.330 e. The van der Waals surface area contributed by atoms with Crippen LogP contribution in [0.2, 0.25) is 0 Å². The first-order valence-corrected chi connectivity index (χ1v) is 16.2. The first kappa shape index (κ1) is 46.6. The zero-order valence-corrected chi connectivity index (χ0v) is 31.2. The average molecular weight is 688 g/mol. The molecule has 1 rings (SSSR count). The lowest BCUT2D eigenvalue weighted by Crippen LogP contribution is -2.51. The highest BCUT2D eigenvalue weighted by atomic mass is 16.6. The minimum Gasteiger partial charge on any atom is -0.463 e. The molecule has 48 heavy (non-hydrogen) atoms. The Morgan fingerprint density at radius 2 is 1.60 bits per heavy atom. The third-order valence-corrected chi connectivity index (χ3v) is 6.03. The Labute approximate surface area is 285 Å². The molecule has 1 aromatic heterocycles. The lowest BCUT2D eigenvalue weighted by Gasteiger charge is -2.26. The Morgan fingerprint density at radius 1 is 1.02 bits per heavy atom. The highest BCUT2D eigenvalue weighted by molar-refractivity contribution is 5.88. The van der Waals surface area contributed by atoms with Gasteiger partial charge in [0.05, 0.1) is 6.04 Å². The molecule has 5 N–H and O–H groups in total. The molecule has 0 radical (unpaired) electrons. The van der Waals surface area contributed by atoms with E-state index in [0.29, 0.717) is 18.5 Å². The Balaban J connectivity index is 0. The number of aromatic amines is 1. The quantitative estimate of drug-likeness (QED) is 0.112. The molecule has 0 spiro atoms. The molecule has 1 heterocycles. The molecule has 4 atom stereocenters. The van der Waals surface area contributed by atoms with Crippen LogP contribution in [-0.4, -0.2) is 83.0 Å². The van der Waals surface area contributed by atoms with Crippen molar-refractivity contribution >= 4 is 24.3 Å². The number of nitrogens with zero attached hydrogens (tertiary/aromatic N) is 1. The van der Waals surface area contributed by atoms with E-state index >= 15 is 0 Å². The fraction of sp³-hybridized carbons (Fsp3) is 0.758. The van der Waals surface area contributed by atoms with Crippen molar-refractivity contribution in [2.24, 2.45) is 11.7 Å². The van der Waals surface area contributed by atoms with Crippen LogP contribution < -0.4 is 27.6 Å². The summed E-state index contributed by atoms with van der Waals surface area (Å²) >= 11 is 0. The molecule has 0 saturated heterocycles. The number of likely N-dealkylation sites (N-methyl/N-ethyl adjacent to an activating group) is 1. The number of rotatable bonds is 16. The fourth-order valence-electron chi connectivity index (χ4n) is 3.62. The molecule has 0 aliphatic rings. The van der Waals surface area contributed by atoms with E-state index in [1.54, 1.807) is 41.7 Å². The number of H-pyrrole nitrogens is 1.